The molecule has 0 bridgehead atoms. The first-order valence-corrected chi connectivity index (χ1v) is 9.35. The fraction of sp³-hybridized carbons (Fsp3) is 0.300. The van der Waals surface area contributed by atoms with E-state index in [1.54, 1.807) is 32.9 Å². The van der Waals surface area contributed by atoms with E-state index < -0.39 is 5.25 Å². The molecule has 1 N–H and O–H groups in total. The zero-order valence-electron chi connectivity index (χ0n) is 15.3. The van der Waals surface area contributed by atoms with Crippen LogP contribution in [0.4, 0.5) is 4.79 Å². The highest BCUT2D eigenvalue weighted by Crippen LogP contribution is 2.26. The third kappa shape index (κ3) is 3.88. The van der Waals surface area contributed by atoms with Crippen LogP contribution in [0.2, 0.25) is 0 Å². The second-order valence-corrected chi connectivity index (χ2v) is 7.71. The summed E-state index contributed by atoms with van der Waals surface area (Å²) in [6, 6.07) is 7.12. The molecule has 0 saturated carbocycles. The molecular formula is C20H19NO5S. The molecular weight excluding hydrogens is 366 g/mol. The first kappa shape index (κ1) is 19.1. The van der Waals surface area contributed by atoms with Crippen molar-refractivity contribution in [2.24, 2.45) is 0 Å². The molecule has 0 radical (unpaired) electrons. The average molecular weight is 385 g/mol. The van der Waals surface area contributed by atoms with Crippen LogP contribution in [-0.4, -0.2) is 34.6 Å². The predicted molar refractivity (Wildman–Crippen MR) is 102 cm³/mol. The molecule has 1 saturated heterocycles. The third-order valence-electron chi connectivity index (χ3n) is 4.81. The molecule has 2 aliphatic rings. The fourth-order valence-electron chi connectivity index (χ4n) is 2.95. The summed E-state index contributed by atoms with van der Waals surface area (Å²) in [5, 5.41) is 1.53. The van der Waals surface area contributed by atoms with Crippen LogP contribution in [0, 0.1) is 0 Å². The smallest absolute Gasteiger partial charge is 0.286 e. The lowest BCUT2D eigenvalue weighted by Crippen LogP contribution is -2.25. The van der Waals surface area contributed by atoms with Gasteiger partial charge in [-0.05, 0) is 44.9 Å². The Kier molecular flexibility index (Phi) is 5.32. The Balaban J connectivity index is 1.64. The molecule has 1 unspecified atom stereocenters. The highest BCUT2D eigenvalue weighted by atomic mass is 32.2. The fourth-order valence-corrected chi connectivity index (χ4v) is 3.81. The summed E-state index contributed by atoms with van der Waals surface area (Å²) in [6.45, 7) is 4.98. The van der Waals surface area contributed by atoms with E-state index in [2.05, 4.69) is 5.32 Å². The van der Waals surface area contributed by atoms with Gasteiger partial charge in [0, 0.05) is 22.3 Å². The summed E-state index contributed by atoms with van der Waals surface area (Å²) in [5.41, 5.74) is 2.65. The van der Waals surface area contributed by atoms with Crippen LogP contribution in [0.25, 0.3) is 0 Å². The van der Waals surface area contributed by atoms with Crippen LogP contribution in [0.3, 0.4) is 0 Å². The topological polar surface area (TPSA) is 89.5 Å². The first-order chi connectivity index (χ1) is 12.8. The van der Waals surface area contributed by atoms with E-state index in [1.165, 1.54) is 0 Å². The standard InChI is InChI=1S/C20H19NO5S/c1-10-11(2)18(23)15(12(3)17(10)22)9-26-14-6-4-13(5-7-14)8-16-19(24)21-20(25)27-16/h4-7,16H,8-9H2,1-3H3,(H,21,24,25). The molecule has 3 rings (SSSR count). The molecule has 1 aromatic rings. The van der Waals surface area contributed by atoms with Crippen molar-refractivity contribution in [3.8, 4) is 5.75 Å². The van der Waals surface area contributed by atoms with E-state index in [-0.39, 0.29) is 29.3 Å². The zero-order valence-corrected chi connectivity index (χ0v) is 16.1. The molecule has 1 fully saturated rings. The Bertz CT molecular complexity index is 911. The number of nitrogens with one attached hydrogen (secondary N) is 1. The van der Waals surface area contributed by atoms with Gasteiger partial charge in [0.25, 0.3) is 5.24 Å². The maximum atomic E-state index is 12.4. The molecule has 0 spiro atoms. The van der Waals surface area contributed by atoms with E-state index in [1.807, 2.05) is 12.1 Å². The minimum Gasteiger partial charge on any atom is -0.489 e. The van der Waals surface area contributed by atoms with E-state index in [4.69, 9.17) is 4.74 Å². The number of carbonyl (C=O) groups excluding carboxylic acids is 4. The number of ketones is 2. The van der Waals surface area contributed by atoms with Crippen molar-refractivity contribution in [1.82, 2.24) is 5.32 Å². The minimum absolute atomic E-state index is 0.0236. The van der Waals surface area contributed by atoms with Crippen molar-refractivity contribution in [2.75, 3.05) is 6.61 Å². The molecule has 1 atom stereocenters. The van der Waals surface area contributed by atoms with Crippen molar-refractivity contribution in [3.63, 3.8) is 0 Å². The maximum absolute atomic E-state index is 12.4. The van der Waals surface area contributed by atoms with Gasteiger partial charge in [-0.1, -0.05) is 23.9 Å². The van der Waals surface area contributed by atoms with Gasteiger partial charge in [-0.3, -0.25) is 24.5 Å². The maximum Gasteiger partial charge on any atom is 0.286 e. The van der Waals surface area contributed by atoms with Gasteiger partial charge in [0.15, 0.2) is 11.6 Å². The Morgan fingerprint density at radius 2 is 1.56 bits per heavy atom. The number of carbonyl (C=O) groups is 4. The van der Waals surface area contributed by atoms with Crippen molar-refractivity contribution in [1.29, 1.82) is 0 Å². The van der Waals surface area contributed by atoms with Crippen LogP contribution in [0.5, 0.6) is 5.75 Å². The molecule has 1 aliphatic carbocycles. The van der Waals surface area contributed by atoms with Crippen molar-refractivity contribution in [2.45, 2.75) is 32.4 Å². The largest absolute Gasteiger partial charge is 0.489 e. The molecule has 2 amide bonds. The molecule has 27 heavy (non-hydrogen) atoms. The van der Waals surface area contributed by atoms with Crippen LogP contribution in [0.1, 0.15) is 26.3 Å². The van der Waals surface area contributed by atoms with E-state index in [0.29, 0.717) is 34.5 Å². The number of ether oxygens (including phenoxy) is 1. The molecule has 0 aromatic heterocycles. The van der Waals surface area contributed by atoms with Gasteiger partial charge in [0.1, 0.15) is 12.4 Å². The van der Waals surface area contributed by atoms with Gasteiger partial charge < -0.3 is 4.74 Å². The van der Waals surface area contributed by atoms with Crippen LogP contribution >= 0.6 is 11.8 Å². The summed E-state index contributed by atoms with van der Waals surface area (Å²) >= 11 is 0.992. The quantitative estimate of drug-likeness (QED) is 0.784. The summed E-state index contributed by atoms with van der Waals surface area (Å²) in [4.78, 5) is 47.4. The third-order valence-corrected chi connectivity index (χ3v) is 5.79. The number of hydrogen-bond acceptors (Lipinski definition) is 6. The second kappa shape index (κ2) is 7.52. The number of rotatable bonds is 5. The SMILES string of the molecule is CC1=C(C)C(=O)C(COc2ccc(CC3SC(=O)NC3=O)cc2)=C(C)C1=O. The highest BCUT2D eigenvalue weighted by Gasteiger charge is 2.31. The lowest BCUT2D eigenvalue weighted by Gasteiger charge is -2.19. The van der Waals surface area contributed by atoms with Gasteiger partial charge in [0.2, 0.25) is 5.91 Å². The Labute approximate surface area is 161 Å². The van der Waals surface area contributed by atoms with E-state index in [9.17, 15) is 19.2 Å². The Morgan fingerprint density at radius 1 is 0.926 bits per heavy atom. The number of imide groups is 1. The minimum atomic E-state index is -0.416. The number of thioether (sulfide) groups is 1. The summed E-state index contributed by atoms with van der Waals surface area (Å²) in [6.07, 6.45) is 0.447. The normalized spacial score (nSPS) is 20.5. The van der Waals surface area contributed by atoms with Crippen molar-refractivity contribution < 1.29 is 23.9 Å². The van der Waals surface area contributed by atoms with E-state index in [0.717, 1.165) is 17.3 Å². The lowest BCUT2D eigenvalue weighted by molar-refractivity contribution is -0.119. The van der Waals surface area contributed by atoms with E-state index >= 15 is 0 Å². The van der Waals surface area contributed by atoms with Crippen LogP contribution < -0.4 is 10.1 Å². The van der Waals surface area contributed by atoms with Gasteiger partial charge in [-0.25, -0.2) is 0 Å². The monoisotopic (exact) mass is 385 g/mol. The molecule has 6 nitrogen and oxygen atoms in total. The number of hydrogen-bond donors (Lipinski definition) is 1. The molecule has 1 heterocycles. The molecule has 1 aliphatic heterocycles. The summed E-state index contributed by atoms with van der Waals surface area (Å²) in [5.74, 6) is 0.00728. The summed E-state index contributed by atoms with van der Waals surface area (Å²) < 4.78 is 5.69. The highest BCUT2D eigenvalue weighted by molar-refractivity contribution is 8.15. The second-order valence-electron chi connectivity index (χ2n) is 6.53. The van der Waals surface area contributed by atoms with Gasteiger partial charge in [-0.15, -0.1) is 0 Å². The summed E-state index contributed by atoms with van der Waals surface area (Å²) in [7, 11) is 0. The van der Waals surface area contributed by atoms with Gasteiger partial charge in [-0.2, -0.15) is 0 Å². The number of allylic oxidation sites excluding steroid dienone is 3. The average Bonchev–Trinajstić information content (AvgIpc) is 2.96. The van der Waals surface area contributed by atoms with Crippen molar-refractivity contribution >= 4 is 34.5 Å². The molecule has 140 valence electrons. The molecule has 7 heteroatoms. The number of Topliss-reactive ketones (excluding diaryl/α,β-unsaturated/α-hetero) is 2. The van der Waals surface area contributed by atoms with Crippen LogP contribution in [0.15, 0.2) is 46.6 Å². The number of amides is 2. The first-order valence-electron chi connectivity index (χ1n) is 8.47. The molecule has 1 aromatic carbocycles. The number of benzene rings is 1. The lowest BCUT2D eigenvalue weighted by atomic mass is 9.86. The van der Waals surface area contributed by atoms with Crippen molar-refractivity contribution in [3.05, 3.63) is 52.1 Å². The van der Waals surface area contributed by atoms with Gasteiger partial charge >= 0.3 is 0 Å². The zero-order chi connectivity index (χ0) is 19.7. The Hall–Kier alpha value is -2.67. The van der Waals surface area contributed by atoms with Crippen LogP contribution in [-0.2, 0) is 20.8 Å². The Morgan fingerprint density at radius 3 is 2.15 bits per heavy atom. The van der Waals surface area contributed by atoms with Gasteiger partial charge in [0.05, 0.1) is 5.25 Å². The predicted octanol–water partition coefficient (Wildman–Crippen LogP) is 2.76.